The topological polar surface area (TPSA) is 117 Å². The summed E-state index contributed by atoms with van der Waals surface area (Å²) in [6.45, 7) is 8.38. The van der Waals surface area contributed by atoms with Gasteiger partial charge < -0.3 is 24.3 Å². The molecule has 5 atom stereocenters. The van der Waals surface area contributed by atoms with E-state index in [0.29, 0.717) is 5.75 Å². The van der Waals surface area contributed by atoms with Crippen molar-refractivity contribution in [3.05, 3.63) is 12.7 Å². The van der Waals surface area contributed by atoms with E-state index in [-0.39, 0.29) is 12.5 Å². The van der Waals surface area contributed by atoms with Crippen molar-refractivity contribution in [2.75, 3.05) is 12.4 Å². The van der Waals surface area contributed by atoms with Gasteiger partial charge in [0, 0.05) is 33.4 Å². The smallest absolute Gasteiger partial charge is 0.303 e. The second kappa shape index (κ2) is 10.9. The first kappa shape index (κ1) is 23.0. The minimum Gasteiger partial charge on any atom is -0.463 e. The van der Waals surface area contributed by atoms with Crippen LogP contribution in [0.15, 0.2) is 12.7 Å². The normalized spacial score (nSPS) is 27.2. The molecule has 0 aliphatic carbocycles. The maximum absolute atomic E-state index is 11.7. The van der Waals surface area contributed by atoms with E-state index in [1.54, 1.807) is 6.08 Å². The van der Waals surface area contributed by atoms with E-state index >= 15 is 0 Å². The molecular formula is C17H25NO8S. The molecule has 27 heavy (non-hydrogen) atoms. The molecule has 1 rings (SSSR count). The largest absolute Gasteiger partial charge is 0.463 e. The number of rotatable bonds is 8. The maximum atomic E-state index is 11.7. The van der Waals surface area contributed by atoms with Crippen molar-refractivity contribution < 1.29 is 38.1 Å². The fourth-order valence-electron chi connectivity index (χ4n) is 2.60. The predicted molar refractivity (Wildman–Crippen MR) is 96.7 cm³/mol. The highest BCUT2D eigenvalue weighted by Gasteiger charge is 2.50. The first-order chi connectivity index (χ1) is 12.6. The van der Waals surface area contributed by atoms with Gasteiger partial charge in [-0.1, -0.05) is 6.08 Å². The fraction of sp³-hybridized carbons (Fsp3) is 0.647. The standard InChI is InChI=1S/C17H25NO8S/c1-6-7-27-17-14(18-9(2)19)16(25-12(5)22)15(24-11(4)21)13(26-17)8-23-10(3)20/h6,13-17H,1,7-8H2,2-5H3,(H,18,19)/t13-,14-,15-,16-,17+/m1/s1. The van der Waals surface area contributed by atoms with Crippen LogP contribution in [0.25, 0.3) is 0 Å². The molecule has 1 saturated heterocycles. The number of esters is 3. The highest BCUT2D eigenvalue weighted by Crippen LogP contribution is 2.32. The Balaban J connectivity index is 3.24. The molecule has 0 bridgehead atoms. The number of ether oxygens (including phenoxy) is 4. The van der Waals surface area contributed by atoms with Gasteiger partial charge >= 0.3 is 17.9 Å². The molecule has 10 heteroatoms. The van der Waals surface area contributed by atoms with Gasteiger partial charge in [0.15, 0.2) is 12.2 Å². The number of hydrogen-bond acceptors (Lipinski definition) is 9. The Morgan fingerprint density at radius 1 is 1.04 bits per heavy atom. The van der Waals surface area contributed by atoms with Gasteiger partial charge in [-0.3, -0.25) is 19.2 Å². The van der Waals surface area contributed by atoms with Gasteiger partial charge in [0.05, 0.1) is 0 Å². The van der Waals surface area contributed by atoms with Crippen molar-refractivity contribution in [2.45, 2.75) is 57.5 Å². The molecule has 9 nitrogen and oxygen atoms in total. The summed E-state index contributed by atoms with van der Waals surface area (Å²) in [4.78, 5) is 46.1. The van der Waals surface area contributed by atoms with Crippen LogP contribution in [0, 0.1) is 0 Å². The van der Waals surface area contributed by atoms with Crippen LogP contribution >= 0.6 is 11.8 Å². The van der Waals surface area contributed by atoms with Gasteiger partial charge in [-0.05, 0) is 0 Å². The van der Waals surface area contributed by atoms with E-state index in [2.05, 4.69) is 11.9 Å². The minimum absolute atomic E-state index is 0.205. The second-order valence-corrected chi connectivity index (χ2v) is 6.97. The van der Waals surface area contributed by atoms with Gasteiger partial charge in [0.1, 0.15) is 24.2 Å². The summed E-state index contributed by atoms with van der Waals surface area (Å²) in [5.74, 6) is -1.67. The number of thioether (sulfide) groups is 1. The molecule has 0 aromatic rings. The highest BCUT2D eigenvalue weighted by molar-refractivity contribution is 7.99. The monoisotopic (exact) mass is 403 g/mol. The Labute approximate surface area is 162 Å². The van der Waals surface area contributed by atoms with Gasteiger partial charge in [-0.15, -0.1) is 18.3 Å². The lowest BCUT2D eigenvalue weighted by Gasteiger charge is -2.45. The molecule has 0 saturated carbocycles. The van der Waals surface area contributed by atoms with Crippen molar-refractivity contribution in [3.8, 4) is 0 Å². The van der Waals surface area contributed by atoms with Crippen LogP contribution in [0.2, 0.25) is 0 Å². The van der Waals surface area contributed by atoms with Crippen LogP contribution in [0.1, 0.15) is 27.7 Å². The first-order valence-electron chi connectivity index (χ1n) is 8.28. The van der Waals surface area contributed by atoms with Gasteiger partial charge in [-0.2, -0.15) is 0 Å². The fourth-order valence-corrected chi connectivity index (χ4v) is 3.57. The first-order valence-corrected chi connectivity index (χ1v) is 9.33. The summed E-state index contributed by atoms with van der Waals surface area (Å²) in [5, 5.41) is 2.69. The summed E-state index contributed by atoms with van der Waals surface area (Å²) < 4.78 is 21.6. The van der Waals surface area contributed by atoms with E-state index < -0.39 is 47.7 Å². The number of hydrogen-bond donors (Lipinski definition) is 1. The molecule has 1 aliphatic heterocycles. The van der Waals surface area contributed by atoms with Gasteiger partial charge in [-0.25, -0.2) is 0 Å². The number of amides is 1. The van der Waals surface area contributed by atoms with E-state index in [4.69, 9.17) is 18.9 Å². The van der Waals surface area contributed by atoms with E-state index in [1.165, 1.54) is 39.5 Å². The van der Waals surface area contributed by atoms with Crippen molar-refractivity contribution in [2.24, 2.45) is 0 Å². The van der Waals surface area contributed by atoms with Crippen molar-refractivity contribution in [1.82, 2.24) is 5.32 Å². The molecule has 0 aromatic heterocycles. The third-order valence-corrected chi connectivity index (χ3v) is 4.61. The summed E-state index contributed by atoms with van der Waals surface area (Å²) >= 11 is 1.31. The zero-order valence-corrected chi connectivity index (χ0v) is 16.6. The Morgan fingerprint density at radius 2 is 1.63 bits per heavy atom. The Morgan fingerprint density at radius 3 is 2.11 bits per heavy atom. The third-order valence-electron chi connectivity index (χ3n) is 3.45. The number of carbonyl (C=O) groups excluding carboxylic acids is 4. The van der Waals surface area contributed by atoms with Crippen LogP contribution in [-0.2, 0) is 38.1 Å². The second-order valence-electron chi connectivity index (χ2n) is 5.84. The zero-order chi connectivity index (χ0) is 20.6. The number of nitrogens with one attached hydrogen (secondary N) is 1. The molecule has 0 spiro atoms. The van der Waals surface area contributed by atoms with Gasteiger partial charge in [0.2, 0.25) is 5.91 Å². The van der Waals surface area contributed by atoms with Crippen molar-refractivity contribution in [3.63, 3.8) is 0 Å². The molecule has 1 aliphatic rings. The average Bonchev–Trinajstić information content (AvgIpc) is 2.54. The van der Waals surface area contributed by atoms with Crippen molar-refractivity contribution in [1.29, 1.82) is 0 Å². The lowest BCUT2D eigenvalue weighted by Crippen LogP contribution is -2.65. The maximum Gasteiger partial charge on any atom is 0.303 e. The SMILES string of the molecule is C=CCS[C@@H]1O[C@H](COC(C)=O)[C@@H](OC(C)=O)[C@H](OC(C)=O)[C@H]1NC(C)=O. The summed E-state index contributed by atoms with van der Waals surface area (Å²) in [6.07, 6.45) is -1.32. The Bertz CT molecular complexity index is 581. The van der Waals surface area contributed by atoms with Crippen LogP contribution < -0.4 is 5.32 Å². The lowest BCUT2D eigenvalue weighted by molar-refractivity contribution is -0.211. The molecule has 1 N–H and O–H groups in total. The minimum atomic E-state index is -1.07. The predicted octanol–water partition coefficient (Wildman–Crippen LogP) is 0.562. The molecular weight excluding hydrogens is 378 g/mol. The van der Waals surface area contributed by atoms with Crippen LogP contribution in [0.5, 0.6) is 0 Å². The van der Waals surface area contributed by atoms with Crippen molar-refractivity contribution >= 4 is 35.6 Å². The Kier molecular flexibility index (Phi) is 9.30. The molecule has 1 fully saturated rings. The molecule has 0 radical (unpaired) electrons. The summed E-state index contributed by atoms with van der Waals surface area (Å²) in [5.41, 5.74) is -0.649. The average molecular weight is 403 g/mol. The summed E-state index contributed by atoms with van der Waals surface area (Å²) in [7, 11) is 0. The molecule has 1 amide bonds. The summed E-state index contributed by atoms with van der Waals surface area (Å²) in [6, 6.07) is -0.783. The van der Waals surface area contributed by atoms with Crippen LogP contribution in [-0.4, -0.2) is 66.0 Å². The number of carbonyl (C=O) groups is 4. The molecule has 152 valence electrons. The Hall–Kier alpha value is -2.07. The molecule has 1 heterocycles. The van der Waals surface area contributed by atoms with E-state index in [1.807, 2.05) is 0 Å². The van der Waals surface area contributed by atoms with E-state index in [9.17, 15) is 19.2 Å². The van der Waals surface area contributed by atoms with Gasteiger partial charge in [0.25, 0.3) is 0 Å². The lowest BCUT2D eigenvalue weighted by atomic mass is 9.97. The molecule has 0 aromatic carbocycles. The quantitative estimate of drug-likeness (QED) is 0.352. The van der Waals surface area contributed by atoms with Crippen LogP contribution in [0.3, 0.4) is 0 Å². The van der Waals surface area contributed by atoms with Crippen LogP contribution in [0.4, 0.5) is 0 Å². The third kappa shape index (κ3) is 7.59. The highest BCUT2D eigenvalue weighted by atomic mass is 32.2. The van der Waals surface area contributed by atoms with E-state index in [0.717, 1.165) is 0 Å². The molecule has 0 unspecified atom stereocenters. The zero-order valence-electron chi connectivity index (χ0n) is 15.8.